The van der Waals surface area contributed by atoms with Gasteiger partial charge in [0.1, 0.15) is 5.75 Å². The summed E-state index contributed by atoms with van der Waals surface area (Å²) < 4.78 is 0. The van der Waals surface area contributed by atoms with Crippen LogP contribution in [0.3, 0.4) is 0 Å². The number of halogens is 2. The summed E-state index contributed by atoms with van der Waals surface area (Å²) in [5, 5.41) is 19.7. The van der Waals surface area contributed by atoms with Gasteiger partial charge in [0.05, 0.1) is 21.8 Å². The van der Waals surface area contributed by atoms with E-state index in [-0.39, 0.29) is 22.9 Å². The molecule has 1 amide bonds. The van der Waals surface area contributed by atoms with Crippen molar-refractivity contribution in [1.29, 1.82) is 0 Å². The number of amides is 1. The van der Waals surface area contributed by atoms with Crippen LogP contribution in [-0.2, 0) is 9.63 Å². The van der Waals surface area contributed by atoms with Gasteiger partial charge in [-0.05, 0) is 30.5 Å². The second-order valence-electron chi connectivity index (χ2n) is 4.55. The highest BCUT2D eigenvalue weighted by Gasteiger charge is 2.06. The first-order valence-electron chi connectivity index (χ1n) is 6.67. The first kappa shape index (κ1) is 18.3. The molecule has 0 spiro atoms. The second-order valence-corrected chi connectivity index (χ2v) is 6.34. The Morgan fingerprint density at radius 1 is 1.46 bits per heavy atom. The third kappa shape index (κ3) is 5.23. The zero-order valence-electron chi connectivity index (χ0n) is 12.5. The number of carbonyl (C=O) groups is 1. The van der Waals surface area contributed by atoms with Gasteiger partial charge in [-0.15, -0.1) is 11.3 Å². The highest BCUT2D eigenvalue weighted by atomic mass is 35.5. The van der Waals surface area contributed by atoms with Crippen LogP contribution in [0.15, 0.2) is 39.9 Å². The highest BCUT2D eigenvalue weighted by molar-refractivity contribution is 7.12. The number of nitrogens with zero attached hydrogens (tertiary/aromatic N) is 2. The summed E-state index contributed by atoms with van der Waals surface area (Å²) in [5.41, 5.74) is 3.21. The number of rotatable bonds is 6. The molecular formula is C15H13Cl2N3O3S. The van der Waals surface area contributed by atoms with Gasteiger partial charge in [0.15, 0.2) is 6.61 Å². The molecule has 0 aliphatic heterocycles. The lowest BCUT2D eigenvalue weighted by molar-refractivity contribution is -0.125. The number of aromatic hydroxyl groups is 1. The van der Waals surface area contributed by atoms with E-state index >= 15 is 0 Å². The van der Waals surface area contributed by atoms with Crippen molar-refractivity contribution in [3.05, 3.63) is 50.1 Å². The van der Waals surface area contributed by atoms with Crippen LogP contribution in [0, 0.1) is 0 Å². The molecule has 0 saturated heterocycles. The minimum atomic E-state index is -0.499. The normalized spacial score (nSPS) is 11.7. The van der Waals surface area contributed by atoms with Crippen molar-refractivity contribution in [3.63, 3.8) is 0 Å². The van der Waals surface area contributed by atoms with E-state index in [4.69, 9.17) is 28.0 Å². The molecule has 2 aromatic rings. The van der Waals surface area contributed by atoms with Gasteiger partial charge >= 0.3 is 0 Å². The number of oxime groups is 1. The number of benzene rings is 1. The van der Waals surface area contributed by atoms with Crippen LogP contribution in [0.2, 0.25) is 10.0 Å². The van der Waals surface area contributed by atoms with Crippen molar-refractivity contribution in [2.24, 2.45) is 10.3 Å². The fraction of sp³-hybridized carbons (Fsp3) is 0.133. The maximum atomic E-state index is 11.6. The van der Waals surface area contributed by atoms with Crippen molar-refractivity contribution >= 4 is 52.4 Å². The summed E-state index contributed by atoms with van der Waals surface area (Å²) in [6, 6.07) is 6.66. The molecule has 0 aliphatic carbocycles. The monoisotopic (exact) mass is 385 g/mol. The van der Waals surface area contributed by atoms with Crippen molar-refractivity contribution in [2.45, 2.75) is 6.92 Å². The zero-order chi connectivity index (χ0) is 17.5. The number of thiophene rings is 1. The molecule has 0 aliphatic rings. The predicted molar refractivity (Wildman–Crippen MR) is 96.3 cm³/mol. The lowest BCUT2D eigenvalue weighted by Crippen LogP contribution is -2.22. The molecule has 0 fully saturated rings. The first-order valence-corrected chi connectivity index (χ1v) is 8.31. The maximum Gasteiger partial charge on any atom is 0.280 e. The van der Waals surface area contributed by atoms with Crippen molar-refractivity contribution in [2.75, 3.05) is 6.61 Å². The van der Waals surface area contributed by atoms with E-state index in [1.54, 1.807) is 6.92 Å². The summed E-state index contributed by atoms with van der Waals surface area (Å²) in [6.07, 6.45) is 1.23. The van der Waals surface area contributed by atoms with E-state index in [9.17, 15) is 9.90 Å². The van der Waals surface area contributed by atoms with Gasteiger partial charge < -0.3 is 9.94 Å². The average Bonchev–Trinajstić information content (AvgIpc) is 3.06. The lowest BCUT2D eigenvalue weighted by Gasteiger charge is -2.03. The van der Waals surface area contributed by atoms with Gasteiger partial charge in [-0.1, -0.05) is 34.4 Å². The summed E-state index contributed by atoms with van der Waals surface area (Å²) in [5.74, 6) is -0.673. The number of hydrazone groups is 1. The molecule has 1 aromatic heterocycles. The number of carbonyl (C=O) groups excluding carboxylic acids is 1. The van der Waals surface area contributed by atoms with Crippen LogP contribution in [0.5, 0.6) is 5.75 Å². The van der Waals surface area contributed by atoms with E-state index in [0.717, 1.165) is 4.88 Å². The topological polar surface area (TPSA) is 83.3 Å². The van der Waals surface area contributed by atoms with E-state index in [1.165, 1.54) is 29.7 Å². The molecular weight excluding hydrogens is 373 g/mol. The zero-order valence-corrected chi connectivity index (χ0v) is 14.8. The fourth-order valence-corrected chi connectivity index (χ4v) is 2.79. The van der Waals surface area contributed by atoms with Crippen LogP contribution in [0.1, 0.15) is 17.4 Å². The Kier molecular flexibility index (Phi) is 6.60. The predicted octanol–water partition coefficient (Wildman–Crippen LogP) is 3.65. The Labute approximate surface area is 152 Å². The Morgan fingerprint density at radius 2 is 2.25 bits per heavy atom. The number of hydrogen-bond acceptors (Lipinski definition) is 6. The molecule has 2 N–H and O–H groups in total. The van der Waals surface area contributed by atoms with Crippen LogP contribution in [0.25, 0.3) is 0 Å². The molecule has 6 nitrogen and oxygen atoms in total. The van der Waals surface area contributed by atoms with Crippen LogP contribution in [0.4, 0.5) is 0 Å². The van der Waals surface area contributed by atoms with Gasteiger partial charge in [0.25, 0.3) is 5.91 Å². The summed E-state index contributed by atoms with van der Waals surface area (Å²) >= 11 is 13.1. The molecule has 1 aromatic carbocycles. The highest BCUT2D eigenvalue weighted by Crippen LogP contribution is 2.29. The van der Waals surface area contributed by atoms with Crippen molar-refractivity contribution in [1.82, 2.24) is 5.43 Å². The number of phenolic OH excluding ortho intramolecular Hbond substituents is 1. The second kappa shape index (κ2) is 8.68. The first-order chi connectivity index (χ1) is 11.5. The fourth-order valence-electron chi connectivity index (χ4n) is 1.61. The summed E-state index contributed by atoms with van der Waals surface area (Å²) in [4.78, 5) is 17.5. The lowest BCUT2D eigenvalue weighted by atomic mass is 10.2. The van der Waals surface area contributed by atoms with Gasteiger partial charge in [-0.25, -0.2) is 5.43 Å². The molecule has 9 heteroatoms. The standard InChI is InChI=1S/C15H13Cl2N3O3S/c1-9(13-3-2-4-24-13)20-23-8-14(21)19-18-7-10-5-11(16)6-12(17)15(10)22/h2-7,22H,8H2,1H3,(H,19,21)/b18-7+,20-9-. The number of hydrogen-bond donors (Lipinski definition) is 2. The van der Waals surface area contributed by atoms with E-state index < -0.39 is 5.91 Å². The molecule has 0 atom stereocenters. The third-order valence-corrected chi connectivity index (χ3v) is 4.21. The quantitative estimate of drug-likeness (QED) is 0.587. The molecule has 126 valence electrons. The Hall–Kier alpha value is -2.09. The Balaban J connectivity index is 1.84. The number of nitrogens with one attached hydrogen (secondary N) is 1. The largest absolute Gasteiger partial charge is 0.506 e. The van der Waals surface area contributed by atoms with E-state index in [1.807, 2.05) is 17.5 Å². The van der Waals surface area contributed by atoms with Crippen molar-refractivity contribution < 1.29 is 14.7 Å². The van der Waals surface area contributed by atoms with Crippen molar-refractivity contribution in [3.8, 4) is 5.75 Å². The van der Waals surface area contributed by atoms with Gasteiger partial charge in [-0.2, -0.15) is 5.10 Å². The molecule has 0 unspecified atom stereocenters. The van der Waals surface area contributed by atoms with Gasteiger partial charge in [-0.3, -0.25) is 4.79 Å². The molecule has 1 heterocycles. The molecule has 2 rings (SSSR count). The molecule has 24 heavy (non-hydrogen) atoms. The van der Waals surface area contributed by atoms with Gasteiger partial charge in [0, 0.05) is 10.6 Å². The summed E-state index contributed by atoms with van der Waals surface area (Å²) in [6.45, 7) is 1.50. The molecule has 0 bridgehead atoms. The molecule has 0 radical (unpaired) electrons. The van der Waals surface area contributed by atoms with E-state index in [2.05, 4.69) is 15.7 Å². The van der Waals surface area contributed by atoms with Crippen LogP contribution >= 0.6 is 34.5 Å². The third-order valence-electron chi connectivity index (χ3n) is 2.73. The van der Waals surface area contributed by atoms with Gasteiger partial charge in [0.2, 0.25) is 0 Å². The number of phenols is 1. The minimum absolute atomic E-state index is 0.0944. The Bertz CT molecular complexity index is 777. The molecule has 0 saturated carbocycles. The van der Waals surface area contributed by atoms with Crippen LogP contribution in [-0.4, -0.2) is 29.5 Å². The SMILES string of the molecule is C/C(=N/OCC(=O)N/N=C/c1cc(Cl)cc(Cl)c1O)c1cccs1. The Morgan fingerprint density at radius 3 is 2.96 bits per heavy atom. The smallest absolute Gasteiger partial charge is 0.280 e. The average molecular weight is 386 g/mol. The maximum absolute atomic E-state index is 11.6. The summed E-state index contributed by atoms with van der Waals surface area (Å²) in [7, 11) is 0. The van der Waals surface area contributed by atoms with Crippen LogP contribution < -0.4 is 5.43 Å². The minimum Gasteiger partial charge on any atom is -0.506 e. The van der Waals surface area contributed by atoms with E-state index in [0.29, 0.717) is 10.7 Å².